The maximum Gasteiger partial charge on any atom is 0.490 e. The molecule has 0 atom stereocenters. The number of ether oxygens (including phenoxy) is 1. The van der Waals surface area contributed by atoms with Gasteiger partial charge in [0.2, 0.25) is 0 Å². The van der Waals surface area contributed by atoms with E-state index in [0.29, 0.717) is 12.5 Å². The van der Waals surface area contributed by atoms with E-state index in [-0.39, 0.29) is 6.09 Å². The van der Waals surface area contributed by atoms with Gasteiger partial charge in [0.15, 0.2) is 0 Å². The second kappa shape index (κ2) is 11.8. The van der Waals surface area contributed by atoms with Gasteiger partial charge in [-0.1, -0.05) is 47.7 Å². The van der Waals surface area contributed by atoms with Gasteiger partial charge in [-0.05, 0) is 56.4 Å². The molecule has 1 heterocycles. The average Bonchev–Trinajstić information content (AvgIpc) is 2.76. The van der Waals surface area contributed by atoms with Crippen LogP contribution in [0.5, 0.6) is 0 Å². The lowest BCUT2D eigenvalue weighted by Crippen LogP contribution is -2.38. The summed E-state index contributed by atoms with van der Waals surface area (Å²) in [7, 11) is 0. The van der Waals surface area contributed by atoms with E-state index < -0.39 is 12.1 Å². The molecule has 1 aliphatic rings. The Morgan fingerprint density at radius 3 is 2.19 bits per heavy atom. The maximum atomic E-state index is 11.9. The first kappa shape index (κ1) is 25.6. The van der Waals surface area contributed by atoms with Crippen LogP contribution >= 0.6 is 11.8 Å². The molecule has 5 nitrogen and oxygen atoms in total. The summed E-state index contributed by atoms with van der Waals surface area (Å²) in [6.07, 6.45) is -3.28. The highest BCUT2D eigenvalue weighted by Gasteiger charge is 2.38. The van der Waals surface area contributed by atoms with Crippen LogP contribution < -0.4 is 0 Å². The van der Waals surface area contributed by atoms with E-state index in [0.717, 1.165) is 25.9 Å². The minimum absolute atomic E-state index is 0.178. The van der Waals surface area contributed by atoms with Crippen LogP contribution in [-0.2, 0) is 9.53 Å². The highest BCUT2D eigenvalue weighted by molar-refractivity contribution is 7.99. The number of alkyl halides is 3. The van der Waals surface area contributed by atoms with Gasteiger partial charge >= 0.3 is 18.2 Å². The number of carboxylic acid groups (broad SMARTS) is 1. The molecule has 0 radical (unpaired) electrons. The average molecular weight is 470 g/mol. The van der Waals surface area contributed by atoms with E-state index in [1.54, 1.807) is 0 Å². The van der Waals surface area contributed by atoms with Crippen LogP contribution in [0.15, 0.2) is 58.3 Å². The first-order valence-corrected chi connectivity index (χ1v) is 11.0. The number of carboxylic acids is 1. The van der Waals surface area contributed by atoms with Gasteiger partial charge in [-0.25, -0.2) is 9.59 Å². The first-order chi connectivity index (χ1) is 15.1. The Hall–Kier alpha value is -2.68. The monoisotopic (exact) mass is 469 g/mol. The highest BCUT2D eigenvalue weighted by atomic mass is 32.2. The number of aryl methyl sites for hydroxylation is 1. The molecule has 0 unspecified atom stereocenters. The molecule has 1 fully saturated rings. The van der Waals surface area contributed by atoms with Crippen molar-refractivity contribution in [1.29, 1.82) is 0 Å². The Bertz CT molecular complexity index is 895. The minimum atomic E-state index is -5.08. The number of hydrogen-bond acceptors (Lipinski definition) is 4. The molecule has 0 aromatic heterocycles. The number of carbonyl (C=O) groups is 2. The van der Waals surface area contributed by atoms with E-state index in [1.807, 2.05) is 23.6 Å². The number of nitrogens with zero attached hydrogens (tertiary/aromatic N) is 1. The van der Waals surface area contributed by atoms with Gasteiger partial charge in [-0.3, -0.25) is 0 Å². The summed E-state index contributed by atoms with van der Waals surface area (Å²) < 4.78 is 36.9. The summed E-state index contributed by atoms with van der Waals surface area (Å²) in [4.78, 5) is 25.2. The molecule has 32 heavy (non-hydrogen) atoms. The van der Waals surface area contributed by atoms with Crippen molar-refractivity contribution in [1.82, 2.24) is 4.90 Å². The van der Waals surface area contributed by atoms with Crippen molar-refractivity contribution in [3.63, 3.8) is 0 Å². The number of piperidine rings is 1. The zero-order chi connectivity index (χ0) is 23.7. The van der Waals surface area contributed by atoms with Crippen LogP contribution in [0.25, 0.3) is 0 Å². The van der Waals surface area contributed by atoms with Crippen LogP contribution in [-0.4, -0.2) is 47.9 Å². The molecule has 174 valence electrons. The zero-order valence-electron chi connectivity index (χ0n) is 17.9. The fourth-order valence-corrected chi connectivity index (χ4v) is 4.26. The van der Waals surface area contributed by atoms with Crippen molar-refractivity contribution >= 4 is 23.8 Å². The second-order valence-electron chi connectivity index (χ2n) is 7.22. The minimum Gasteiger partial charge on any atom is -0.475 e. The number of likely N-dealkylation sites (tertiary alicyclic amines) is 1. The molecule has 0 saturated carbocycles. The summed E-state index contributed by atoms with van der Waals surface area (Å²) in [5.74, 6) is -2.26. The molecule has 9 heteroatoms. The number of carbonyl (C=O) groups excluding carboxylic acids is 1. The van der Waals surface area contributed by atoms with Crippen molar-refractivity contribution < 1.29 is 32.6 Å². The summed E-state index contributed by atoms with van der Waals surface area (Å²) in [5.41, 5.74) is 2.68. The molecule has 1 amide bonds. The summed E-state index contributed by atoms with van der Waals surface area (Å²) in [5, 5.41) is 7.12. The number of benzene rings is 2. The largest absolute Gasteiger partial charge is 0.490 e. The Kier molecular flexibility index (Phi) is 9.43. The lowest BCUT2D eigenvalue weighted by atomic mass is 9.89. The predicted octanol–water partition coefficient (Wildman–Crippen LogP) is 6.12. The molecule has 1 N–H and O–H groups in total. The van der Waals surface area contributed by atoms with Crippen molar-refractivity contribution in [3.8, 4) is 0 Å². The maximum absolute atomic E-state index is 11.9. The van der Waals surface area contributed by atoms with E-state index in [2.05, 4.69) is 55.5 Å². The lowest BCUT2D eigenvalue weighted by molar-refractivity contribution is -0.192. The summed E-state index contributed by atoms with van der Waals surface area (Å²) >= 11 is 1.83. The molecule has 1 aliphatic heterocycles. The molecule has 0 bridgehead atoms. The number of amides is 1. The third-order valence-corrected chi connectivity index (χ3v) is 5.97. The molecule has 2 aromatic rings. The van der Waals surface area contributed by atoms with Crippen molar-refractivity contribution in [2.75, 3.05) is 19.7 Å². The predicted molar refractivity (Wildman–Crippen MR) is 116 cm³/mol. The lowest BCUT2D eigenvalue weighted by Gasteiger charge is -2.32. The fourth-order valence-electron chi connectivity index (χ4n) is 3.23. The van der Waals surface area contributed by atoms with E-state index in [1.165, 1.54) is 20.9 Å². The van der Waals surface area contributed by atoms with Gasteiger partial charge in [0, 0.05) is 22.9 Å². The van der Waals surface area contributed by atoms with Crippen molar-refractivity contribution in [2.45, 2.75) is 48.6 Å². The molecule has 1 saturated heterocycles. The van der Waals surface area contributed by atoms with Gasteiger partial charge in [-0.15, -0.1) is 0 Å². The van der Waals surface area contributed by atoms with Crippen LogP contribution in [0.2, 0.25) is 0 Å². The highest BCUT2D eigenvalue weighted by Crippen LogP contribution is 2.38. The van der Waals surface area contributed by atoms with Gasteiger partial charge in [-0.2, -0.15) is 13.2 Å². The number of aliphatic carboxylic acids is 1. The normalized spacial score (nSPS) is 14.3. The third kappa shape index (κ3) is 7.78. The zero-order valence-corrected chi connectivity index (χ0v) is 18.7. The van der Waals surface area contributed by atoms with E-state index in [4.69, 9.17) is 14.6 Å². The van der Waals surface area contributed by atoms with Gasteiger partial charge in [0.1, 0.15) is 0 Å². The fraction of sp³-hybridized carbons (Fsp3) is 0.391. The molecule has 3 rings (SSSR count). The Labute approximate surface area is 189 Å². The first-order valence-electron chi connectivity index (χ1n) is 10.2. The number of hydrogen-bond donors (Lipinski definition) is 1. The molecular weight excluding hydrogens is 443 g/mol. The Balaban J connectivity index is 0.000000451. The van der Waals surface area contributed by atoms with Gasteiger partial charge in [0.05, 0.1) is 6.61 Å². The van der Waals surface area contributed by atoms with E-state index >= 15 is 0 Å². The van der Waals surface area contributed by atoms with Crippen LogP contribution in [0.3, 0.4) is 0 Å². The Morgan fingerprint density at radius 1 is 1.09 bits per heavy atom. The summed E-state index contributed by atoms with van der Waals surface area (Å²) in [6.45, 7) is 5.94. The molecule has 0 aliphatic carbocycles. The third-order valence-electron chi connectivity index (χ3n) is 4.87. The van der Waals surface area contributed by atoms with E-state index in [9.17, 15) is 18.0 Å². The SMILES string of the molecule is CCOC(=O)N1CCC(c2ccccc2Sc2ccc(C)cc2)CC1.O=C(O)C(F)(F)F. The Morgan fingerprint density at radius 2 is 1.66 bits per heavy atom. The van der Waals surface area contributed by atoms with Crippen molar-refractivity contribution in [2.24, 2.45) is 0 Å². The van der Waals surface area contributed by atoms with Crippen LogP contribution in [0, 0.1) is 6.92 Å². The van der Waals surface area contributed by atoms with Gasteiger partial charge < -0.3 is 14.7 Å². The number of rotatable bonds is 4. The smallest absolute Gasteiger partial charge is 0.475 e. The van der Waals surface area contributed by atoms with Crippen LogP contribution in [0.1, 0.15) is 36.8 Å². The summed E-state index contributed by atoms with van der Waals surface area (Å²) in [6, 6.07) is 17.3. The molecule has 0 spiro atoms. The second-order valence-corrected chi connectivity index (χ2v) is 8.33. The molecule has 2 aromatic carbocycles. The van der Waals surface area contributed by atoms with Crippen LogP contribution in [0.4, 0.5) is 18.0 Å². The van der Waals surface area contributed by atoms with Crippen molar-refractivity contribution in [3.05, 3.63) is 59.7 Å². The standard InChI is InChI=1S/C21H25NO2S.C2HF3O2/c1-3-24-21(23)22-14-12-17(13-15-22)19-6-4-5-7-20(19)25-18-10-8-16(2)9-11-18;3-2(4,5)1(6)7/h4-11,17H,3,12-15H2,1-2H3;(H,6,7). The number of halogens is 3. The topological polar surface area (TPSA) is 66.8 Å². The quantitative estimate of drug-likeness (QED) is 0.585. The van der Waals surface area contributed by atoms with Gasteiger partial charge in [0.25, 0.3) is 0 Å². The molecular formula is C23H26F3NO4S.